The fourth-order valence-corrected chi connectivity index (χ4v) is 3.10. The maximum Gasteiger partial charge on any atom is 0.303 e. The van der Waals surface area contributed by atoms with Crippen molar-refractivity contribution >= 4 is 5.97 Å². The maximum absolute atomic E-state index is 11.6. The number of carbonyl (C=O) groups excluding carboxylic acids is 1. The predicted molar refractivity (Wildman–Crippen MR) is 116 cm³/mol. The molecule has 0 fully saturated rings. The second kappa shape index (κ2) is 13.6. The second-order valence-corrected chi connectivity index (χ2v) is 8.23. The van der Waals surface area contributed by atoms with Gasteiger partial charge in [-0.3, -0.25) is 4.79 Å². The standard InChI is InChI=1S/C24H40O5/c1-7-26-16-12-11-13-19(2)20(3)27-17-22(24(5,6)29-21(4)25)18-28-23-14-9-8-10-15-23/h8-10,14-15,19-20,22H,7,11-13,16-18H2,1-6H3. The minimum atomic E-state index is -0.680. The zero-order valence-corrected chi connectivity index (χ0v) is 19.1. The van der Waals surface area contributed by atoms with E-state index >= 15 is 0 Å². The lowest BCUT2D eigenvalue weighted by atomic mass is 9.91. The van der Waals surface area contributed by atoms with Crippen LogP contribution in [0.3, 0.4) is 0 Å². The molecule has 5 nitrogen and oxygen atoms in total. The van der Waals surface area contributed by atoms with Crippen molar-refractivity contribution in [3.05, 3.63) is 30.3 Å². The third-order valence-electron chi connectivity index (χ3n) is 5.35. The van der Waals surface area contributed by atoms with Crippen LogP contribution >= 0.6 is 0 Å². The molecule has 1 rings (SSSR count). The number of benzene rings is 1. The van der Waals surface area contributed by atoms with Gasteiger partial charge in [-0.2, -0.15) is 0 Å². The van der Waals surface area contributed by atoms with E-state index in [0.29, 0.717) is 19.1 Å². The molecule has 3 unspecified atom stereocenters. The molecular weight excluding hydrogens is 368 g/mol. The van der Waals surface area contributed by atoms with E-state index in [2.05, 4.69) is 13.8 Å². The van der Waals surface area contributed by atoms with Gasteiger partial charge in [0.15, 0.2) is 0 Å². The average Bonchev–Trinajstić information content (AvgIpc) is 2.67. The van der Waals surface area contributed by atoms with Gasteiger partial charge in [-0.25, -0.2) is 0 Å². The predicted octanol–water partition coefficient (Wildman–Crippen LogP) is 5.27. The Bertz CT molecular complexity index is 558. The minimum Gasteiger partial charge on any atom is -0.493 e. The molecule has 1 aromatic carbocycles. The highest BCUT2D eigenvalue weighted by atomic mass is 16.6. The van der Waals surface area contributed by atoms with E-state index in [9.17, 15) is 4.79 Å². The summed E-state index contributed by atoms with van der Waals surface area (Å²) in [5.41, 5.74) is -0.680. The van der Waals surface area contributed by atoms with Crippen LogP contribution < -0.4 is 4.74 Å². The fourth-order valence-electron chi connectivity index (χ4n) is 3.10. The van der Waals surface area contributed by atoms with Crippen LogP contribution in [0.2, 0.25) is 0 Å². The Morgan fingerprint density at radius 2 is 1.76 bits per heavy atom. The first kappa shape index (κ1) is 25.4. The summed E-state index contributed by atoms with van der Waals surface area (Å²) >= 11 is 0. The Hall–Kier alpha value is -1.59. The molecular formula is C24H40O5. The van der Waals surface area contributed by atoms with Gasteiger partial charge in [0.2, 0.25) is 0 Å². The van der Waals surface area contributed by atoms with Gasteiger partial charge in [0.25, 0.3) is 0 Å². The number of ether oxygens (including phenoxy) is 4. The number of carbonyl (C=O) groups is 1. The van der Waals surface area contributed by atoms with Gasteiger partial charge in [0.05, 0.1) is 25.2 Å². The van der Waals surface area contributed by atoms with Crippen molar-refractivity contribution < 1.29 is 23.7 Å². The van der Waals surface area contributed by atoms with Crippen LogP contribution in [0.5, 0.6) is 5.75 Å². The monoisotopic (exact) mass is 408 g/mol. The molecule has 3 atom stereocenters. The summed E-state index contributed by atoms with van der Waals surface area (Å²) in [4.78, 5) is 11.6. The van der Waals surface area contributed by atoms with E-state index in [4.69, 9.17) is 18.9 Å². The smallest absolute Gasteiger partial charge is 0.303 e. The topological polar surface area (TPSA) is 54.0 Å². The molecule has 166 valence electrons. The number of para-hydroxylation sites is 1. The summed E-state index contributed by atoms with van der Waals surface area (Å²) in [6.45, 7) is 14.1. The molecule has 0 heterocycles. The molecule has 29 heavy (non-hydrogen) atoms. The molecule has 0 aliphatic heterocycles. The Labute approximate surface area is 177 Å². The lowest BCUT2D eigenvalue weighted by molar-refractivity contribution is -0.164. The van der Waals surface area contributed by atoms with Crippen molar-refractivity contribution in [1.82, 2.24) is 0 Å². The van der Waals surface area contributed by atoms with Crippen LogP contribution in [0.1, 0.15) is 60.8 Å². The first-order valence-corrected chi connectivity index (χ1v) is 10.8. The van der Waals surface area contributed by atoms with Gasteiger partial charge < -0.3 is 18.9 Å². The summed E-state index contributed by atoms with van der Waals surface area (Å²) in [5, 5.41) is 0. The SMILES string of the molecule is CCOCCCCC(C)C(C)OCC(COc1ccccc1)C(C)(C)OC(C)=O. The maximum atomic E-state index is 11.6. The molecule has 0 radical (unpaired) electrons. The Morgan fingerprint density at radius 3 is 2.38 bits per heavy atom. The molecule has 0 spiro atoms. The lowest BCUT2D eigenvalue weighted by Gasteiger charge is -2.34. The molecule has 0 aliphatic rings. The molecule has 0 saturated heterocycles. The molecule has 0 N–H and O–H groups in total. The van der Waals surface area contributed by atoms with Crippen LogP contribution in [0.25, 0.3) is 0 Å². The van der Waals surface area contributed by atoms with E-state index in [0.717, 1.165) is 38.2 Å². The van der Waals surface area contributed by atoms with Crippen LogP contribution in [-0.2, 0) is 19.0 Å². The first-order chi connectivity index (χ1) is 13.8. The molecule has 0 amide bonds. The summed E-state index contributed by atoms with van der Waals surface area (Å²) in [7, 11) is 0. The number of hydrogen-bond acceptors (Lipinski definition) is 5. The van der Waals surface area contributed by atoms with Crippen molar-refractivity contribution in [2.45, 2.75) is 72.5 Å². The van der Waals surface area contributed by atoms with Gasteiger partial charge in [-0.05, 0) is 58.6 Å². The van der Waals surface area contributed by atoms with Gasteiger partial charge in [0, 0.05) is 20.1 Å². The van der Waals surface area contributed by atoms with E-state index in [-0.39, 0.29) is 18.0 Å². The van der Waals surface area contributed by atoms with Gasteiger partial charge in [-0.1, -0.05) is 31.5 Å². The Balaban J connectivity index is 2.57. The van der Waals surface area contributed by atoms with Crippen LogP contribution in [0.15, 0.2) is 30.3 Å². The zero-order chi connectivity index (χ0) is 21.7. The summed E-state index contributed by atoms with van der Waals surface area (Å²) < 4.78 is 23.1. The summed E-state index contributed by atoms with van der Waals surface area (Å²) in [6.07, 6.45) is 3.44. The second-order valence-electron chi connectivity index (χ2n) is 8.23. The number of rotatable bonds is 15. The minimum absolute atomic E-state index is 0.0841. The highest BCUT2D eigenvalue weighted by Crippen LogP contribution is 2.25. The van der Waals surface area contributed by atoms with Crippen molar-refractivity contribution in [2.24, 2.45) is 11.8 Å². The molecule has 0 saturated carbocycles. The molecule has 0 bridgehead atoms. The van der Waals surface area contributed by atoms with E-state index in [1.165, 1.54) is 6.92 Å². The summed E-state index contributed by atoms with van der Waals surface area (Å²) in [5.74, 6) is 0.866. The molecule has 1 aromatic rings. The Kier molecular flexibility index (Phi) is 11.9. The summed E-state index contributed by atoms with van der Waals surface area (Å²) in [6, 6.07) is 9.67. The quantitative estimate of drug-likeness (QED) is 0.292. The van der Waals surface area contributed by atoms with Gasteiger partial charge >= 0.3 is 5.97 Å². The van der Waals surface area contributed by atoms with E-state index in [1.807, 2.05) is 51.1 Å². The van der Waals surface area contributed by atoms with Crippen LogP contribution in [-0.4, -0.2) is 44.1 Å². The lowest BCUT2D eigenvalue weighted by Crippen LogP contribution is -2.43. The van der Waals surface area contributed by atoms with Crippen molar-refractivity contribution in [3.8, 4) is 5.75 Å². The first-order valence-electron chi connectivity index (χ1n) is 10.8. The van der Waals surface area contributed by atoms with Crippen LogP contribution in [0, 0.1) is 11.8 Å². The third-order valence-corrected chi connectivity index (χ3v) is 5.35. The number of unbranched alkanes of at least 4 members (excludes halogenated alkanes) is 1. The molecule has 0 aliphatic carbocycles. The van der Waals surface area contributed by atoms with Crippen molar-refractivity contribution in [2.75, 3.05) is 26.4 Å². The van der Waals surface area contributed by atoms with E-state index < -0.39 is 5.60 Å². The fraction of sp³-hybridized carbons (Fsp3) is 0.708. The van der Waals surface area contributed by atoms with Crippen molar-refractivity contribution in [3.63, 3.8) is 0 Å². The highest BCUT2D eigenvalue weighted by molar-refractivity contribution is 5.66. The normalized spacial score (nSPS) is 14.8. The third kappa shape index (κ3) is 10.7. The number of hydrogen-bond donors (Lipinski definition) is 0. The highest BCUT2D eigenvalue weighted by Gasteiger charge is 2.34. The van der Waals surface area contributed by atoms with E-state index in [1.54, 1.807) is 0 Å². The van der Waals surface area contributed by atoms with Crippen LogP contribution in [0.4, 0.5) is 0 Å². The average molecular weight is 409 g/mol. The van der Waals surface area contributed by atoms with Gasteiger partial charge in [0.1, 0.15) is 11.4 Å². The largest absolute Gasteiger partial charge is 0.493 e. The molecule has 0 aromatic heterocycles. The Morgan fingerprint density at radius 1 is 1.07 bits per heavy atom. The zero-order valence-electron chi connectivity index (χ0n) is 19.1. The van der Waals surface area contributed by atoms with Gasteiger partial charge in [-0.15, -0.1) is 0 Å². The number of esters is 1. The van der Waals surface area contributed by atoms with Crippen molar-refractivity contribution in [1.29, 1.82) is 0 Å². The molecule has 5 heteroatoms.